The summed E-state index contributed by atoms with van der Waals surface area (Å²) < 4.78 is 12.0. The summed E-state index contributed by atoms with van der Waals surface area (Å²) >= 11 is 0. The number of rotatable bonds is 5. The van der Waals surface area contributed by atoms with E-state index in [0.29, 0.717) is 6.61 Å². The number of ether oxygens (including phenoxy) is 2. The fourth-order valence-electron chi connectivity index (χ4n) is 4.42. The molecule has 0 radical (unpaired) electrons. The van der Waals surface area contributed by atoms with E-state index >= 15 is 0 Å². The van der Waals surface area contributed by atoms with Crippen LogP contribution in [0.3, 0.4) is 0 Å². The van der Waals surface area contributed by atoms with E-state index in [0.717, 1.165) is 35.8 Å². The molecular weight excluding hydrogens is 328 g/mol. The van der Waals surface area contributed by atoms with Crippen LogP contribution >= 0.6 is 0 Å². The number of carboxylic acids is 1. The molecule has 134 valence electrons. The molecule has 1 N–H and O–H groups in total. The van der Waals surface area contributed by atoms with Crippen LogP contribution in [0.15, 0.2) is 36.4 Å². The highest BCUT2D eigenvalue weighted by Crippen LogP contribution is 2.47. The molecular formula is C22H22O4. The Bertz CT molecular complexity index is 868. The molecule has 0 saturated heterocycles. The highest BCUT2D eigenvalue weighted by molar-refractivity contribution is 5.68. The second kappa shape index (κ2) is 6.04. The van der Waals surface area contributed by atoms with Crippen molar-refractivity contribution in [3.8, 4) is 11.5 Å². The highest BCUT2D eigenvalue weighted by Gasteiger charge is 2.33. The van der Waals surface area contributed by atoms with Crippen LogP contribution in [0.25, 0.3) is 0 Å². The standard InChI is InChI=1S/C22H22O4/c23-22(24)10-14-12-25-21-11-15(6-7-17(14)21)26-20-9-8-18-16(13-4-5-13)2-1-3-19(18)20/h1-3,6-7,11,13-14,20H,4-5,8-10,12H2,(H,23,24). The molecule has 2 atom stereocenters. The van der Waals surface area contributed by atoms with Gasteiger partial charge in [0.15, 0.2) is 0 Å². The number of fused-ring (bicyclic) bond motifs is 2. The number of hydrogen-bond donors (Lipinski definition) is 1. The van der Waals surface area contributed by atoms with Gasteiger partial charge in [0.25, 0.3) is 0 Å². The van der Waals surface area contributed by atoms with E-state index in [1.165, 1.54) is 29.5 Å². The molecule has 0 spiro atoms. The van der Waals surface area contributed by atoms with Crippen LogP contribution in [0.1, 0.15) is 65.9 Å². The van der Waals surface area contributed by atoms with Gasteiger partial charge < -0.3 is 14.6 Å². The summed E-state index contributed by atoms with van der Waals surface area (Å²) in [7, 11) is 0. The molecule has 4 heteroatoms. The number of benzene rings is 2. The zero-order valence-corrected chi connectivity index (χ0v) is 14.6. The summed E-state index contributed by atoms with van der Waals surface area (Å²) in [6, 6.07) is 12.5. The van der Waals surface area contributed by atoms with Crippen LogP contribution in [0.5, 0.6) is 11.5 Å². The van der Waals surface area contributed by atoms with Crippen molar-refractivity contribution >= 4 is 5.97 Å². The molecule has 4 nitrogen and oxygen atoms in total. The second-order valence-corrected chi connectivity index (χ2v) is 7.64. The van der Waals surface area contributed by atoms with Crippen molar-refractivity contribution in [2.45, 2.75) is 50.0 Å². The first kappa shape index (κ1) is 15.7. The van der Waals surface area contributed by atoms with Gasteiger partial charge in [0.05, 0.1) is 13.0 Å². The molecule has 26 heavy (non-hydrogen) atoms. The third kappa shape index (κ3) is 2.74. The number of hydrogen-bond acceptors (Lipinski definition) is 3. The number of aliphatic carboxylic acids is 1. The minimum Gasteiger partial charge on any atom is -0.492 e. The summed E-state index contributed by atoms with van der Waals surface area (Å²) in [6.07, 6.45) is 4.95. The van der Waals surface area contributed by atoms with Gasteiger partial charge in [-0.05, 0) is 54.4 Å². The van der Waals surface area contributed by atoms with Gasteiger partial charge >= 0.3 is 5.97 Å². The largest absolute Gasteiger partial charge is 0.492 e. The molecule has 2 unspecified atom stereocenters. The van der Waals surface area contributed by atoms with Crippen LogP contribution in [0.4, 0.5) is 0 Å². The quantitative estimate of drug-likeness (QED) is 0.857. The lowest BCUT2D eigenvalue weighted by Gasteiger charge is -2.16. The van der Waals surface area contributed by atoms with E-state index in [1.807, 2.05) is 18.2 Å². The molecule has 2 aliphatic carbocycles. The van der Waals surface area contributed by atoms with E-state index in [4.69, 9.17) is 14.6 Å². The molecule has 2 aromatic rings. The zero-order valence-electron chi connectivity index (χ0n) is 14.6. The minimum atomic E-state index is -0.791. The Kier molecular flexibility index (Phi) is 3.66. The molecule has 0 bridgehead atoms. The van der Waals surface area contributed by atoms with E-state index in [1.54, 1.807) is 0 Å². The first-order chi connectivity index (χ1) is 12.7. The van der Waals surface area contributed by atoms with Gasteiger partial charge in [-0.1, -0.05) is 24.3 Å². The van der Waals surface area contributed by atoms with Gasteiger partial charge in [-0.3, -0.25) is 4.79 Å². The van der Waals surface area contributed by atoms with E-state index in [2.05, 4.69) is 18.2 Å². The van der Waals surface area contributed by atoms with Crippen LogP contribution in [-0.4, -0.2) is 17.7 Å². The van der Waals surface area contributed by atoms with Crippen molar-refractivity contribution in [1.29, 1.82) is 0 Å². The summed E-state index contributed by atoms with van der Waals surface area (Å²) in [4.78, 5) is 11.0. The first-order valence-electron chi connectivity index (χ1n) is 9.46. The van der Waals surface area contributed by atoms with Crippen LogP contribution < -0.4 is 9.47 Å². The van der Waals surface area contributed by atoms with Gasteiger partial charge in [-0.15, -0.1) is 0 Å². The lowest BCUT2D eigenvalue weighted by Crippen LogP contribution is -2.07. The zero-order chi connectivity index (χ0) is 17.7. The topological polar surface area (TPSA) is 55.8 Å². The predicted octanol–water partition coefficient (Wildman–Crippen LogP) is 4.58. The molecule has 5 rings (SSSR count). The van der Waals surface area contributed by atoms with Gasteiger partial charge in [-0.25, -0.2) is 0 Å². The molecule has 3 aliphatic rings. The lowest BCUT2D eigenvalue weighted by molar-refractivity contribution is -0.137. The Hall–Kier alpha value is -2.49. The van der Waals surface area contributed by atoms with Gasteiger partial charge in [0.2, 0.25) is 0 Å². The Morgan fingerprint density at radius 3 is 2.77 bits per heavy atom. The fraction of sp³-hybridized carbons (Fsp3) is 0.409. The molecule has 1 heterocycles. The summed E-state index contributed by atoms with van der Waals surface area (Å²) in [5.74, 6) is 1.47. The van der Waals surface area contributed by atoms with Gasteiger partial charge in [0, 0.05) is 17.5 Å². The maximum Gasteiger partial charge on any atom is 0.304 e. The average molecular weight is 350 g/mol. The maximum absolute atomic E-state index is 11.0. The Balaban J connectivity index is 1.36. The van der Waals surface area contributed by atoms with Crippen molar-refractivity contribution < 1.29 is 19.4 Å². The molecule has 1 fully saturated rings. The average Bonchev–Trinajstić information content (AvgIpc) is 3.29. The van der Waals surface area contributed by atoms with E-state index in [-0.39, 0.29) is 18.4 Å². The Morgan fingerprint density at radius 2 is 1.96 bits per heavy atom. The summed E-state index contributed by atoms with van der Waals surface area (Å²) in [6.45, 7) is 0.433. The molecule has 1 saturated carbocycles. The van der Waals surface area contributed by atoms with Gasteiger partial charge in [-0.2, -0.15) is 0 Å². The number of carbonyl (C=O) groups is 1. The smallest absolute Gasteiger partial charge is 0.304 e. The second-order valence-electron chi connectivity index (χ2n) is 7.64. The summed E-state index contributed by atoms with van der Waals surface area (Å²) in [5, 5.41) is 9.02. The number of carboxylic acid groups (broad SMARTS) is 1. The van der Waals surface area contributed by atoms with Crippen molar-refractivity contribution in [3.63, 3.8) is 0 Å². The van der Waals surface area contributed by atoms with Crippen molar-refractivity contribution in [2.75, 3.05) is 6.61 Å². The Labute approximate surface area is 152 Å². The van der Waals surface area contributed by atoms with Crippen molar-refractivity contribution in [1.82, 2.24) is 0 Å². The molecule has 1 aliphatic heterocycles. The SMILES string of the molecule is O=C(O)CC1COc2cc(OC3CCc4c(C5CC5)cccc43)ccc21. The highest BCUT2D eigenvalue weighted by atomic mass is 16.5. The van der Waals surface area contributed by atoms with E-state index in [9.17, 15) is 4.79 Å². The van der Waals surface area contributed by atoms with Crippen LogP contribution in [-0.2, 0) is 11.2 Å². The molecule has 0 aromatic heterocycles. The van der Waals surface area contributed by atoms with Crippen LogP contribution in [0.2, 0.25) is 0 Å². The normalized spacial score (nSPS) is 23.2. The van der Waals surface area contributed by atoms with Crippen LogP contribution in [0, 0.1) is 0 Å². The van der Waals surface area contributed by atoms with Crippen molar-refractivity contribution in [3.05, 3.63) is 58.7 Å². The molecule has 2 aromatic carbocycles. The lowest BCUT2D eigenvalue weighted by atomic mass is 9.98. The minimum absolute atomic E-state index is 0.0649. The maximum atomic E-state index is 11.0. The third-order valence-electron chi connectivity index (χ3n) is 5.83. The van der Waals surface area contributed by atoms with Gasteiger partial charge in [0.1, 0.15) is 17.6 Å². The first-order valence-corrected chi connectivity index (χ1v) is 9.46. The summed E-state index contributed by atoms with van der Waals surface area (Å²) in [5.41, 5.74) is 5.34. The molecule has 0 amide bonds. The van der Waals surface area contributed by atoms with Crippen molar-refractivity contribution in [2.24, 2.45) is 0 Å². The van der Waals surface area contributed by atoms with E-state index < -0.39 is 5.97 Å². The predicted molar refractivity (Wildman–Crippen MR) is 97.0 cm³/mol. The Morgan fingerprint density at radius 1 is 1.12 bits per heavy atom. The monoisotopic (exact) mass is 350 g/mol. The fourth-order valence-corrected chi connectivity index (χ4v) is 4.42. The third-order valence-corrected chi connectivity index (χ3v) is 5.83.